The van der Waals surface area contributed by atoms with Gasteiger partial charge in [-0.25, -0.2) is 0 Å². The van der Waals surface area contributed by atoms with Crippen LogP contribution in [0.25, 0.3) is 11.1 Å². The summed E-state index contributed by atoms with van der Waals surface area (Å²) in [5.74, 6) is 0. The second-order valence-electron chi connectivity index (χ2n) is 6.25. The Morgan fingerprint density at radius 1 is 1.11 bits per heavy atom. The lowest BCUT2D eigenvalue weighted by Gasteiger charge is -2.23. The molecule has 0 unspecified atom stereocenters. The van der Waals surface area contributed by atoms with Gasteiger partial charge in [-0.2, -0.15) is 0 Å². The molecule has 0 saturated heterocycles. The first kappa shape index (κ1) is 11.5. The van der Waals surface area contributed by atoms with E-state index in [1.807, 2.05) is 12.3 Å². The average Bonchev–Trinajstić information content (AvgIpc) is 2.65. The van der Waals surface area contributed by atoms with E-state index in [0.29, 0.717) is 0 Å². The molecule has 2 aromatic rings. The number of nitrogens with zero attached hydrogens (tertiary/aromatic N) is 1. The number of aryl methyl sites for hydroxylation is 1. The van der Waals surface area contributed by atoms with E-state index in [0.717, 1.165) is 6.42 Å². The Kier molecular flexibility index (Phi) is 2.34. The summed E-state index contributed by atoms with van der Waals surface area (Å²) in [5, 5.41) is 0. The summed E-state index contributed by atoms with van der Waals surface area (Å²) in [6.07, 6.45) is 2.87. The molecule has 0 fully saturated rings. The van der Waals surface area contributed by atoms with Crippen molar-refractivity contribution in [2.45, 2.75) is 39.5 Å². The molecule has 1 heterocycles. The molecule has 0 N–H and O–H groups in total. The van der Waals surface area contributed by atoms with Gasteiger partial charge >= 0.3 is 0 Å². The van der Waals surface area contributed by atoms with Crippen molar-refractivity contribution in [3.8, 4) is 11.1 Å². The Bertz CT molecular complexity index is 618. The van der Waals surface area contributed by atoms with Crippen LogP contribution in [0.2, 0.25) is 0 Å². The van der Waals surface area contributed by atoms with Crippen LogP contribution < -0.4 is 0 Å². The summed E-state index contributed by atoms with van der Waals surface area (Å²) < 4.78 is 0. The number of hydrogen-bond acceptors (Lipinski definition) is 1. The summed E-state index contributed by atoms with van der Waals surface area (Å²) in [6.45, 7) is 9.06. The maximum Gasteiger partial charge on any atom is 0.0525 e. The van der Waals surface area contributed by atoms with Crippen molar-refractivity contribution in [3.05, 3.63) is 52.8 Å². The highest BCUT2D eigenvalue weighted by molar-refractivity contribution is 5.76. The predicted molar refractivity (Wildman–Crippen MR) is 75.9 cm³/mol. The fraction of sp³-hybridized carbons (Fsp3) is 0.353. The van der Waals surface area contributed by atoms with Crippen LogP contribution in [-0.2, 0) is 11.8 Å². The van der Waals surface area contributed by atoms with Crippen LogP contribution in [0.4, 0.5) is 0 Å². The highest BCUT2D eigenvalue weighted by Gasteiger charge is 2.24. The molecule has 92 valence electrons. The minimum atomic E-state index is 0.210. The van der Waals surface area contributed by atoms with Gasteiger partial charge in [0.2, 0.25) is 0 Å². The molecule has 3 rings (SSSR count). The van der Waals surface area contributed by atoms with Crippen LogP contribution in [0.5, 0.6) is 0 Å². The maximum absolute atomic E-state index is 4.50. The molecule has 0 amide bonds. The zero-order valence-corrected chi connectivity index (χ0v) is 11.5. The lowest BCUT2D eigenvalue weighted by Crippen LogP contribution is -2.13. The zero-order chi connectivity index (χ0) is 12.9. The highest BCUT2D eigenvalue weighted by atomic mass is 14.7. The van der Waals surface area contributed by atoms with Crippen LogP contribution in [0.3, 0.4) is 0 Å². The molecule has 1 heteroatoms. The predicted octanol–water partition coefficient (Wildman–Crippen LogP) is 4.26. The van der Waals surface area contributed by atoms with E-state index < -0.39 is 0 Å². The molecule has 1 aromatic carbocycles. The fourth-order valence-corrected chi connectivity index (χ4v) is 2.96. The third-order valence-corrected chi connectivity index (χ3v) is 3.80. The SMILES string of the molecule is Cc1cc2c(cc1C(C)(C)C)Cc1ncccc1-2. The van der Waals surface area contributed by atoms with E-state index in [4.69, 9.17) is 0 Å². The third-order valence-electron chi connectivity index (χ3n) is 3.80. The van der Waals surface area contributed by atoms with Gasteiger partial charge in [0.15, 0.2) is 0 Å². The Balaban J connectivity index is 2.20. The van der Waals surface area contributed by atoms with E-state index in [-0.39, 0.29) is 5.41 Å². The minimum absolute atomic E-state index is 0.210. The molecule has 1 aliphatic rings. The van der Waals surface area contributed by atoms with Crippen molar-refractivity contribution >= 4 is 0 Å². The lowest BCUT2D eigenvalue weighted by molar-refractivity contribution is 0.585. The third kappa shape index (κ3) is 1.66. The van der Waals surface area contributed by atoms with E-state index in [2.05, 4.69) is 50.9 Å². The van der Waals surface area contributed by atoms with Gasteiger partial charge in [-0.1, -0.05) is 39.0 Å². The number of hydrogen-bond donors (Lipinski definition) is 0. The Labute approximate surface area is 109 Å². The normalized spacial score (nSPS) is 13.3. The quantitative estimate of drug-likeness (QED) is 0.569. The standard InChI is InChI=1S/C17H19N/c1-11-8-14-12(9-15(11)17(2,3)4)10-16-13(14)6-5-7-18-16/h5-9H,10H2,1-4H3. The molecule has 0 bridgehead atoms. The van der Waals surface area contributed by atoms with E-state index in [1.165, 1.54) is 33.5 Å². The summed E-state index contributed by atoms with van der Waals surface area (Å²) >= 11 is 0. The summed E-state index contributed by atoms with van der Waals surface area (Å²) in [4.78, 5) is 4.50. The molecule has 0 atom stereocenters. The van der Waals surface area contributed by atoms with Crippen LogP contribution >= 0.6 is 0 Å². The summed E-state index contributed by atoms with van der Waals surface area (Å²) in [6, 6.07) is 8.93. The van der Waals surface area contributed by atoms with Gasteiger partial charge in [-0.05, 0) is 40.7 Å². The van der Waals surface area contributed by atoms with Crippen molar-refractivity contribution in [2.24, 2.45) is 0 Å². The van der Waals surface area contributed by atoms with Crippen molar-refractivity contribution in [2.75, 3.05) is 0 Å². The van der Waals surface area contributed by atoms with Crippen LogP contribution in [0, 0.1) is 6.92 Å². The Morgan fingerprint density at radius 3 is 2.61 bits per heavy atom. The molecule has 0 aliphatic heterocycles. The molecule has 1 aromatic heterocycles. The van der Waals surface area contributed by atoms with Crippen molar-refractivity contribution in [3.63, 3.8) is 0 Å². The second-order valence-corrected chi connectivity index (χ2v) is 6.25. The number of benzene rings is 1. The molecule has 0 saturated carbocycles. The number of rotatable bonds is 0. The first-order chi connectivity index (χ1) is 8.47. The van der Waals surface area contributed by atoms with Gasteiger partial charge in [-0.15, -0.1) is 0 Å². The molecule has 0 radical (unpaired) electrons. The van der Waals surface area contributed by atoms with E-state index in [1.54, 1.807) is 0 Å². The van der Waals surface area contributed by atoms with E-state index in [9.17, 15) is 0 Å². The number of fused-ring (bicyclic) bond motifs is 3. The van der Waals surface area contributed by atoms with Crippen molar-refractivity contribution in [1.29, 1.82) is 0 Å². The summed E-state index contributed by atoms with van der Waals surface area (Å²) in [7, 11) is 0. The molecule has 18 heavy (non-hydrogen) atoms. The van der Waals surface area contributed by atoms with Crippen LogP contribution in [0.1, 0.15) is 43.2 Å². The van der Waals surface area contributed by atoms with Gasteiger partial charge in [0, 0.05) is 18.2 Å². The Morgan fingerprint density at radius 2 is 1.89 bits per heavy atom. The van der Waals surface area contributed by atoms with Crippen LogP contribution in [-0.4, -0.2) is 4.98 Å². The van der Waals surface area contributed by atoms with Gasteiger partial charge in [0.1, 0.15) is 0 Å². The number of pyridine rings is 1. The lowest BCUT2D eigenvalue weighted by atomic mass is 9.82. The van der Waals surface area contributed by atoms with Gasteiger partial charge in [-0.3, -0.25) is 4.98 Å². The smallest absolute Gasteiger partial charge is 0.0525 e. The van der Waals surface area contributed by atoms with Crippen LogP contribution in [0.15, 0.2) is 30.5 Å². The minimum Gasteiger partial charge on any atom is -0.260 e. The zero-order valence-electron chi connectivity index (χ0n) is 11.5. The first-order valence-corrected chi connectivity index (χ1v) is 6.55. The molecular formula is C17H19N. The van der Waals surface area contributed by atoms with Gasteiger partial charge < -0.3 is 0 Å². The van der Waals surface area contributed by atoms with Crippen molar-refractivity contribution in [1.82, 2.24) is 4.98 Å². The highest BCUT2D eigenvalue weighted by Crippen LogP contribution is 2.39. The van der Waals surface area contributed by atoms with E-state index >= 15 is 0 Å². The first-order valence-electron chi connectivity index (χ1n) is 6.55. The molecule has 1 nitrogen and oxygen atoms in total. The maximum atomic E-state index is 4.50. The molecule has 0 spiro atoms. The fourth-order valence-electron chi connectivity index (χ4n) is 2.96. The average molecular weight is 237 g/mol. The molecular weight excluding hydrogens is 218 g/mol. The number of aromatic nitrogens is 1. The largest absolute Gasteiger partial charge is 0.260 e. The molecule has 1 aliphatic carbocycles. The topological polar surface area (TPSA) is 12.9 Å². The Hall–Kier alpha value is -1.63. The van der Waals surface area contributed by atoms with Gasteiger partial charge in [0.05, 0.1) is 5.69 Å². The monoisotopic (exact) mass is 237 g/mol. The summed E-state index contributed by atoms with van der Waals surface area (Å²) in [5.41, 5.74) is 8.39. The van der Waals surface area contributed by atoms with Crippen molar-refractivity contribution < 1.29 is 0 Å². The second kappa shape index (κ2) is 3.68. The van der Waals surface area contributed by atoms with Gasteiger partial charge in [0.25, 0.3) is 0 Å².